The minimum atomic E-state index is -1.17. The van der Waals surface area contributed by atoms with Crippen molar-refractivity contribution >= 4 is 46.5 Å². The van der Waals surface area contributed by atoms with Gasteiger partial charge in [-0.2, -0.15) is 5.06 Å². The number of amides is 1. The molecule has 1 N–H and O–H groups in total. The first kappa shape index (κ1) is 27.0. The minimum Gasteiger partial charge on any atom is -0.506 e. The van der Waals surface area contributed by atoms with E-state index in [1.54, 1.807) is 24.3 Å². The number of hydrogen-bond donors (Lipinski definition) is 1. The molecule has 9 heteroatoms. The number of carbonyl (C=O) groups excluding carboxylic acids is 3. The van der Waals surface area contributed by atoms with E-state index in [4.69, 9.17) is 32.8 Å². The molecular weight excluding hydrogens is 529 g/mol. The molecular formula is C29H31Cl2NO6. The average Bonchev–Trinajstić information content (AvgIpc) is 3.27. The number of methoxy groups -OCH3 is 1. The number of benzene rings is 2. The molecule has 3 aliphatic rings. The highest BCUT2D eigenvalue weighted by molar-refractivity contribution is 6.35. The van der Waals surface area contributed by atoms with Crippen molar-refractivity contribution in [2.24, 2.45) is 29.1 Å². The minimum absolute atomic E-state index is 0.0345. The summed E-state index contributed by atoms with van der Waals surface area (Å²) < 4.78 is 4.95. The van der Waals surface area contributed by atoms with Crippen molar-refractivity contribution in [2.75, 3.05) is 12.2 Å². The fourth-order valence-corrected chi connectivity index (χ4v) is 7.43. The van der Waals surface area contributed by atoms with Gasteiger partial charge in [-0.15, -0.1) is 0 Å². The lowest BCUT2D eigenvalue weighted by molar-refractivity contribution is -0.134. The number of fused-ring (bicyclic) bond motifs is 2. The van der Waals surface area contributed by atoms with E-state index >= 15 is 0 Å². The largest absolute Gasteiger partial charge is 0.506 e. The van der Waals surface area contributed by atoms with Crippen LogP contribution in [-0.2, 0) is 25.6 Å². The predicted octanol–water partition coefficient (Wildman–Crippen LogP) is 6.02. The van der Waals surface area contributed by atoms with E-state index in [9.17, 15) is 19.5 Å². The van der Waals surface area contributed by atoms with Crippen molar-refractivity contribution in [3.8, 4) is 5.75 Å². The van der Waals surface area contributed by atoms with Gasteiger partial charge in [0.05, 0.1) is 29.5 Å². The highest BCUT2D eigenvalue weighted by Gasteiger charge is 2.57. The van der Waals surface area contributed by atoms with E-state index < -0.39 is 23.9 Å². The summed E-state index contributed by atoms with van der Waals surface area (Å²) in [5.74, 6) is -1.92. The molecule has 1 aliphatic heterocycles. The standard InChI is InChI=1S/C29H31Cl2NO6/c1-29(2)16-8-9-21(29)19(12-16)25-14-24(33)20(11-15-10-17(30)13-22(31)26(15)34)27(35)32(38-25)23-7-5-4-6-18(23)28(36)37-3/h4-7,10,13,16,19-21,25,34H,8-9,11-12,14H2,1-3H3. The Bertz CT molecular complexity index is 1290. The lowest BCUT2D eigenvalue weighted by Crippen LogP contribution is -2.41. The molecule has 3 fully saturated rings. The Kier molecular flexibility index (Phi) is 7.22. The SMILES string of the molecule is COC(=O)c1ccccc1N1OC(C2CC3CCC2C3(C)C)CC(=O)C(Cc2cc(Cl)cc(Cl)c2O)C1=O. The number of aromatic hydroxyl groups is 1. The first-order chi connectivity index (χ1) is 18.0. The number of esters is 1. The van der Waals surface area contributed by atoms with Crippen molar-refractivity contribution in [1.82, 2.24) is 0 Å². The number of para-hydroxylation sites is 1. The topological polar surface area (TPSA) is 93.1 Å². The summed E-state index contributed by atoms with van der Waals surface area (Å²) in [6, 6.07) is 9.41. The zero-order valence-corrected chi connectivity index (χ0v) is 23.1. The van der Waals surface area contributed by atoms with Crippen LogP contribution in [0.5, 0.6) is 5.75 Å². The lowest BCUT2D eigenvalue weighted by atomic mass is 9.77. The molecule has 1 heterocycles. The van der Waals surface area contributed by atoms with Crippen molar-refractivity contribution < 1.29 is 29.1 Å². The van der Waals surface area contributed by atoms with E-state index in [-0.39, 0.29) is 62.6 Å². The normalized spacial score (nSPS) is 28.4. The first-order valence-electron chi connectivity index (χ1n) is 12.9. The Balaban J connectivity index is 1.56. The third kappa shape index (κ3) is 4.59. The number of Topliss-reactive ketones (excluding diaryl/α,β-unsaturated/α-hetero) is 1. The van der Waals surface area contributed by atoms with Crippen LogP contribution in [0.15, 0.2) is 36.4 Å². The Morgan fingerprint density at radius 1 is 1.18 bits per heavy atom. The van der Waals surface area contributed by atoms with Gasteiger partial charge >= 0.3 is 5.97 Å². The zero-order chi connectivity index (χ0) is 27.4. The van der Waals surface area contributed by atoms with Crippen molar-refractivity contribution in [2.45, 2.75) is 52.1 Å². The van der Waals surface area contributed by atoms with Gasteiger partial charge in [0.15, 0.2) is 0 Å². The van der Waals surface area contributed by atoms with Crippen LogP contribution in [0, 0.1) is 29.1 Å². The maximum absolute atomic E-state index is 14.0. The Labute approximate surface area is 232 Å². The van der Waals surface area contributed by atoms with E-state index in [1.165, 1.54) is 19.2 Å². The van der Waals surface area contributed by atoms with Crippen LogP contribution < -0.4 is 5.06 Å². The first-order valence-corrected chi connectivity index (χ1v) is 13.7. The number of phenols is 1. The second kappa shape index (κ2) is 10.2. The highest BCUT2D eigenvalue weighted by Crippen LogP contribution is 2.61. The molecule has 2 aliphatic carbocycles. The van der Waals surface area contributed by atoms with Crippen molar-refractivity contribution in [1.29, 1.82) is 0 Å². The molecule has 38 heavy (non-hydrogen) atoms. The van der Waals surface area contributed by atoms with Gasteiger partial charge in [0, 0.05) is 11.4 Å². The number of nitrogens with zero attached hydrogens (tertiary/aromatic N) is 1. The summed E-state index contributed by atoms with van der Waals surface area (Å²) >= 11 is 12.3. The molecule has 202 valence electrons. The molecule has 2 saturated carbocycles. The van der Waals surface area contributed by atoms with Gasteiger partial charge in [-0.25, -0.2) is 4.79 Å². The van der Waals surface area contributed by atoms with Crippen LogP contribution in [-0.4, -0.2) is 36.0 Å². The van der Waals surface area contributed by atoms with Crippen LogP contribution in [0.3, 0.4) is 0 Å². The molecule has 0 spiro atoms. The van der Waals surface area contributed by atoms with Crippen molar-refractivity contribution in [3.63, 3.8) is 0 Å². The number of anilines is 1. The summed E-state index contributed by atoms with van der Waals surface area (Å²) in [4.78, 5) is 46.8. The van der Waals surface area contributed by atoms with Gasteiger partial charge in [0.2, 0.25) is 0 Å². The highest BCUT2D eigenvalue weighted by atomic mass is 35.5. The number of halogens is 2. The van der Waals surface area contributed by atoms with Gasteiger partial charge in [0.25, 0.3) is 5.91 Å². The molecule has 2 aromatic rings. The molecule has 0 radical (unpaired) electrons. The van der Waals surface area contributed by atoms with E-state index in [1.807, 2.05) is 0 Å². The molecule has 7 nitrogen and oxygen atoms in total. The number of carbonyl (C=O) groups is 3. The molecule has 1 amide bonds. The Morgan fingerprint density at radius 2 is 1.92 bits per heavy atom. The van der Waals surface area contributed by atoms with E-state index in [2.05, 4.69) is 13.8 Å². The molecule has 2 aromatic carbocycles. The molecule has 5 unspecified atom stereocenters. The number of hydrogen-bond acceptors (Lipinski definition) is 6. The van der Waals surface area contributed by atoms with Crippen LogP contribution in [0.4, 0.5) is 5.69 Å². The van der Waals surface area contributed by atoms with Gasteiger partial charge in [-0.1, -0.05) is 49.2 Å². The molecule has 2 bridgehead atoms. The summed E-state index contributed by atoms with van der Waals surface area (Å²) in [6.07, 6.45) is 2.53. The average molecular weight is 560 g/mol. The predicted molar refractivity (Wildman–Crippen MR) is 143 cm³/mol. The summed E-state index contributed by atoms with van der Waals surface area (Å²) in [5.41, 5.74) is 0.780. The number of phenolic OH excluding ortho intramolecular Hbond substituents is 1. The quantitative estimate of drug-likeness (QED) is 0.355. The maximum atomic E-state index is 14.0. The molecule has 5 atom stereocenters. The van der Waals surface area contributed by atoms with Gasteiger partial charge < -0.3 is 9.84 Å². The second-order valence-corrected chi connectivity index (χ2v) is 12.1. The zero-order valence-electron chi connectivity index (χ0n) is 21.6. The Hall–Kier alpha value is -2.61. The van der Waals surface area contributed by atoms with E-state index in [0.29, 0.717) is 11.8 Å². The second-order valence-electron chi connectivity index (χ2n) is 11.2. The number of ketones is 1. The summed E-state index contributed by atoms with van der Waals surface area (Å²) in [5, 5.41) is 12.0. The van der Waals surface area contributed by atoms with Crippen LogP contribution in [0.1, 0.15) is 55.5 Å². The molecule has 5 rings (SSSR count). The summed E-state index contributed by atoms with van der Waals surface area (Å²) in [6.45, 7) is 4.55. The molecule has 1 saturated heterocycles. The van der Waals surface area contributed by atoms with Gasteiger partial charge in [-0.05, 0) is 78.7 Å². The van der Waals surface area contributed by atoms with Crippen LogP contribution >= 0.6 is 23.2 Å². The third-order valence-electron chi connectivity index (χ3n) is 8.97. The Morgan fingerprint density at radius 3 is 2.58 bits per heavy atom. The number of hydroxylamine groups is 1. The smallest absolute Gasteiger partial charge is 0.340 e. The summed E-state index contributed by atoms with van der Waals surface area (Å²) in [7, 11) is 1.27. The third-order valence-corrected chi connectivity index (χ3v) is 9.48. The number of ether oxygens (including phenoxy) is 1. The van der Waals surface area contributed by atoms with Crippen molar-refractivity contribution in [3.05, 3.63) is 57.6 Å². The lowest BCUT2D eigenvalue weighted by Gasteiger charge is -2.34. The van der Waals surface area contributed by atoms with Crippen LogP contribution in [0.2, 0.25) is 10.0 Å². The number of rotatable bonds is 5. The fourth-order valence-electron chi connectivity index (χ4n) is 6.90. The fraction of sp³-hybridized carbons (Fsp3) is 0.483. The van der Waals surface area contributed by atoms with Gasteiger partial charge in [0.1, 0.15) is 17.5 Å². The van der Waals surface area contributed by atoms with Gasteiger partial charge in [-0.3, -0.25) is 14.4 Å². The van der Waals surface area contributed by atoms with Crippen LogP contribution in [0.25, 0.3) is 0 Å². The molecule has 0 aromatic heterocycles. The monoisotopic (exact) mass is 559 g/mol. The van der Waals surface area contributed by atoms with E-state index in [0.717, 1.165) is 24.3 Å². The maximum Gasteiger partial charge on any atom is 0.340 e.